The topological polar surface area (TPSA) is 46.2 Å². The maximum atomic E-state index is 11.3. The summed E-state index contributed by atoms with van der Waals surface area (Å²) in [5, 5.41) is 2.89. The molecule has 1 aromatic rings. The van der Waals surface area contributed by atoms with Gasteiger partial charge >= 0.3 is 0 Å². The van der Waals surface area contributed by atoms with Crippen molar-refractivity contribution < 1.29 is 9.59 Å². The molecular formula is C10H8ClNO2. The molecule has 0 aliphatic carbocycles. The number of amides is 2. The molecule has 3 nitrogen and oxygen atoms in total. The van der Waals surface area contributed by atoms with Gasteiger partial charge in [0.25, 0.3) is 0 Å². The largest absolute Gasteiger partial charge is 0.296 e. The molecule has 0 saturated carbocycles. The molecule has 1 aliphatic rings. The standard InChI is InChI=1S/C10H8ClNO2/c11-7-3-1-6(2-4-7)8-5-9(13)12-10(8)14/h1-4,8H,5H2,(H,12,13,14)/t8-/m1/s1. The van der Waals surface area contributed by atoms with Crippen molar-refractivity contribution in [3.63, 3.8) is 0 Å². The van der Waals surface area contributed by atoms with Crippen molar-refractivity contribution in [3.8, 4) is 0 Å². The van der Waals surface area contributed by atoms with Crippen LogP contribution in [0.3, 0.4) is 0 Å². The molecule has 1 saturated heterocycles. The van der Waals surface area contributed by atoms with E-state index in [-0.39, 0.29) is 24.2 Å². The van der Waals surface area contributed by atoms with Gasteiger partial charge in [0.05, 0.1) is 5.92 Å². The molecule has 1 aromatic carbocycles. The van der Waals surface area contributed by atoms with Crippen LogP contribution in [0.1, 0.15) is 17.9 Å². The van der Waals surface area contributed by atoms with Crippen LogP contribution in [0, 0.1) is 0 Å². The van der Waals surface area contributed by atoms with Crippen LogP contribution in [-0.4, -0.2) is 11.8 Å². The zero-order valence-electron chi connectivity index (χ0n) is 7.29. The number of halogens is 1. The van der Waals surface area contributed by atoms with Crippen LogP contribution < -0.4 is 5.32 Å². The summed E-state index contributed by atoms with van der Waals surface area (Å²) in [6.07, 6.45) is 0.237. The van der Waals surface area contributed by atoms with Gasteiger partial charge in [-0.15, -0.1) is 0 Å². The van der Waals surface area contributed by atoms with Crippen LogP contribution in [0.15, 0.2) is 24.3 Å². The van der Waals surface area contributed by atoms with E-state index < -0.39 is 0 Å². The number of carbonyl (C=O) groups excluding carboxylic acids is 2. The highest BCUT2D eigenvalue weighted by Gasteiger charge is 2.31. The summed E-state index contributed by atoms with van der Waals surface area (Å²) < 4.78 is 0. The Morgan fingerprint density at radius 1 is 1.21 bits per heavy atom. The molecule has 1 fully saturated rings. The van der Waals surface area contributed by atoms with Crippen LogP contribution >= 0.6 is 11.6 Å². The zero-order valence-corrected chi connectivity index (χ0v) is 8.04. The molecule has 14 heavy (non-hydrogen) atoms. The fourth-order valence-electron chi connectivity index (χ4n) is 1.52. The first-order valence-electron chi connectivity index (χ1n) is 4.26. The third-order valence-corrected chi connectivity index (χ3v) is 2.49. The van der Waals surface area contributed by atoms with E-state index in [4.69, 9.17) is 11.6 Å². The lowest BCUT2D eigenvalue weighted by Crippen LogP contribution is -2.21. The fraction of sp³-hybridized carbons (Fsp3) is 0.200. The molecule has 1 aliphatic heterocycles. The molecule has 0 bridgehead atoms. The van der Waals surface area contributed by atoms with Gasteiger partial charge in [-0.3, -0.25) is 14.9 Å². The smallest absolute Gasteiger partial charge is 0.234 e. The van der Waals surface area contributed by atoms with Gasteiger partial charge < -0.3 is 0 Å². The Balaban J connectivity index is 2.27. The molecule has 0 spiro atoms. The minimum atomic E-state index is -0.347. The van der Waals surface area contributed by atoms with E-state index in [1.54, 1.807) is 24.3 Å². The second kappa shape index (κ2) is 3.42. The first-order chi connectivity index (χ1) is 6.66. The van der Waals surface area contributed by atoms with Gasteiger partial charge in [-0.2, -0.15) is 0 Å². The Morgan fingerprint density at radius 2 is 1.86 bits per heavy atom. The first kappa shape index (κ1) is 9.21. The van der Waals surface area contributed by atoms with Gasteiger partial charge in [-0.25, -0.2) is 0 Å². The Labute approximate surface area is 86.1 Å². The van der Waals surface area contributed by atoms with Crippen LogP contribution in [0.2, 0.25) is 5.02 Å². The maximum Gasteiger partial charge on any atom is 0.234 e. The van der Waals surface area contributed by atoms with Crippen molar-refractivity contribution in [1.82, 2.24) is 5.32 Å². The first-order valence-corrected chi connectivity index (χ1v) is 4.64. The summed E-state index contributed by atoms with van der Waals surface area (Å²) in [7, 11) is 0. The summed E-state index contributed by atoms with van der Waals surface area (Å²) in [6.45, 7) is 0. The average molecular weight is 210 g/mol. The van der Waals surface area contributed by atoms with Crippen LogP contribution in [-0.2, 0) is 9.59 Å². The van der Waals surface area contributed by atoms with E-state index in [0.29, 0.717) is 5.02 Å². The van der Waals surface area contributed by atoms with Crippen molar-refractivity contribution in [3.05, 3.63) is 34.9 Å². The molecule has 1 N–H and O–H groups in total. The monoisotopic (exact) mass is 209 g/mol. The van der Waals surface area contributed by atoms with Crippen molar-refractivity contribution in [2.45, 2.75) is 12.3 Å². The molecule has 0 aromatic heterocycles. The van der Waals surface area contributed by atoms with Crippen molar-refractivity contribution in [1.29, 1.82) is 0 Å². The van der Waals surface area contributed by atoms with Gasteiger partial charge in [0.2, 0.25) is 11.8 Å². The molecule has 4 heteroatoms. The Hall–Kier alpha value is -1.35. The van der Waals surface area contributed by atoms with E-state index in [2.05, 4.69) is 5.32 Å². The van der Waals surface area contributed by atoms with Crippen LogP contribution in [0.4, 0.5) is 0 Å². The normalized spacial score (nSPS) is 21.1. The summed E-state index contributed by atoms with van der Waals surface area (Å²) in [5.74, 6) is -0.785. The van der Waals surface area contributed by atoms with E-state index in [0.717, 1.165) is 5.56 Å². The van der Waals surface area contributed by atoms with Gasteiger partial charge in [0.15, 0.2) is 0 Å². The number of imide groups is 1. The zero-order chi connectivity index (χ0) is 10.1. The predicted octanol–water partition coefficient (Wildman–Crippen LogP) is 1.47. The van der Waals surface area contributed by atoms with Gasteiger partial charge in [0, 0.05) is 11.4 Å². The lowest BCUT2D eigenvalue weighted by atomic mass is 9.98. The van der Waals surface area contributed by atoms with Gasteiger partial charge in [-0.1, -0.05) is 23.7 Å². The van der Waals surface area contributed by atoms with E-state index >= 15 is 0 Å². The lowest BCUT2D eigenvalue weighted by molar-refractivity contribution is -0.125. The lowest BCUT2D eigenvalue weighted by Gasteiger charge is -2.05. The quantitative estimate of drug-likeness (QED) is 0.712. The van der Waals surface area contributed by atoms with E-state index in [9.17, 15) is 9.59 Å². The van der Waals surface area contributed by atoms with Crippen LogP contribution in [0.25, 0.3) is 0 Å². The summed E-state index contributed by atoms with van der Waals surface area (Å²) in [4.78, 5) is 22.3. The number of carbonyl (C=O) groups is 2. The predicted molar refractivity (Wildman–Crippen MR) is 52.0 cm³/mol. The SMILES string of the molecule is O=C1C[C@H](c2ccc(Cl)cc2)C(=O)N1. The Morgan fingerprint density at radius 3 is 2.36 bits per heavy atom. The van der Waals surface area contributed by atoms with E-state index in [1.807, 2.05) is 0 Å². The number of nitrogens with one attached hydrogen (secondary N) is 1. The number of hydrogen-bond acceptors (Lipinski definition) is 2. The third kappa shape index (κ3) is 1.63. The van der Waals surface area contributed by atoms with E-state index in [1.165, 1.54) is 0 Å². The molecule has 1 heterocycles. The highest BCUT2D eigenvalue weighted by Crippen LogP contribution is 2.25. The van der Waals surface area contributed by atoms with Crippen molar-refractivity contribution in [2.24, 2.45) is 0 Å². The number of rotatable bonds is 1. The molecule has 2 amide bonds. The van der Waals surface area contributed by atoms with Crippen molar-refractivity contribution in [2.75, 3.05) is 0 Å². The summed E-state index contributed by atoms with van der Waals surface area (Å²) in [6, 6.07) is 6.97. The molecule has 0 unspecified atom stereocenters. The minimum Gasteiger partial charge on any atom is -0.296 e. The van der Waals surface area contributed by atoms with Gasteiger partial charge in [-0.05, 0) is 17.7 Å². The summed E-state index contributed by atoms with van der Waals surface area (Å²) in [5.41, 5.74) is 0.831. The van der Waals surface area contributed by atoms with Crippen LogP contribution in [0.5, 0.6) is 0 Å². The second-order valence-corrected chi connectivity index (χ2v) is 3.66. The van der Waals surface area contributed by atoms with Crippen molar-refractivity contribution >= 4 is 23.4 Å². The van der Waals surface area contributed by atoms with Gasteiger partial charge in [0.1, 0.15) is 0 Å². The highest BCUT2D eigenvalue weighted by atomic mass is 35.5. The second-order valence-electron chi connectivity index (χ2n) is 3.22. The number of benzene rings is 1. The molecule has 72 valence electrons. The minimum absolute atomic E-state index is 0.213. The number of hydrogen-bond donors (Lipinski definition) is 1. The fourth-order valence-corrected chi connectivity index (χ4v) is 1.64. The third-order valence-electron chi connectivity index (χ3n) is 2.24. The Kier molecular flexibility index (Phi) is 2.25. The highest BCUT2D eigenvalue weighted by molar-refractivity contribution is 6.30. The molecule has 2 rings (SSSR count). The molecule has 1 atom stereocenters. The summed E-state index contributed by atoms with van der Waals surface area (Å²) >= 11 is 5.72. The molecule has 0 radical (unpaired) electrons. The average Bonchev–Trinajstić information content (AvgIpc) is 2.47. The maximum absolute atomic E-state index is 11.3. The Bertz CT molecular complexity index is 386. The molecular weight excluding hydrogens is 202 g/mol.